The lowest BCUT2D eigenvalue weighted by molar-refractivity contribution is -0.135. The lowest BCUT2D eigenvalue weighted by atomic mass is 10.1. The van der Waals surface area contributed by atoms with Crippen molar-refractivity contribution in [3.05, 3.63) is 216 Å². The van der Waals surface area contributed by atoms with E-state index in [0.29, 0.717) is 115 Å². The van der Waals surface area contributed by atoms with Gasteiger partial charge in [-0.05, 0) is 101 Å². The fraction of sp³-hybridized carbons (Fsp3) is 0.324. The first-order valence-corrected chi connectivity index (χ1v) is 29.7. The highest BCUT2D eigenvalue weighted by atomic mass is 16.5. The molecule has 0 spiro atoms. The zero-order chi connectivity index (χ0) is 60.5. The lowest BCUT2D eigenvalue weighted by Gasteiger charge is -2.29. The number of amides is 4. The molecule has 0 aromatic heterocycles. The topological polar surface area (TPSA) is 265 Å². The molecule has 9 rings (SSSR count). The Labute approximate surface area is 504 Å². The SMILES string of the molecule is C=CCOC(CN1CC[C@@H](CNC(=O)c2ccc3ccccc3c2)N[C@@H](CCCNC(=N)N)C1=O)c1ccccc1.N=C(N)NCCC[C@@H]1N[C@H](CNC(=O)c2ccc3ccccc3c2)CCN(CC(OCc2ccccc2)c2ccccc2)C1=O. The van der Waals surface area contributed by atoms with Gasteiger partial charge in [0.05, 0.1) is 38.4 Å². The predicted molar refractivity (Wildman–Crippen MR) is 340 cm³/mol. The third kappa shape index (κ3) is 19.3. The maximum atomic E-state index is 14.0. The van der Waals surface area contributed by atoms with Crippen molar-refractivity contribution in [3.63, 3.8) is 0 Å². The van der Waals surface area contributed by atoms with E-state index in [9.17, 15) is 19.2 Å². The molecule has 86 heavy (non-hydrogen) atoms. The summed E-state index contributed by atoms with van der Waals surface area (Å²) in [4.78, 5) is 57.6. The smallest absolute Gasteiger partial charge is 0.251 e. The fourth-order valence-corrected chi connectivity index (χ4v) is 10.8. The molecule has 0 bridgehead atoms. The zero-order valence-electron chi connectivity index (χ0n) is 48.8. The van der Waals surface area contributed by atoms with Gasteiger partial charge < -0.3 is 62.6 Å². The minimum atomic E-state index is -0.450. The highest BCUT2D eigenvalue weighted by molar-refractivity contribution is 5.99. The number of ether oxygens (including phenoxy) is 2. The van der Waals surface area contributed by atoms with Crippen LogP contribution in [0.15, 0.2) is 189 Å². The molecule has 0 radical (unpaired) electrons. The maximum Gasteiger partial charge on any atom is 0.251 e. The van der Waals surface area contributed by atoms with Crippen LogP contribution in [0.1, 0.15) is 88.1 Å². The van der Waals surface area contributed by atoms with E-state index >= 15 is 0 Å². The number of rotatable bonds is 26. The molecule has 2 aliphatic rings. The molecular weight excluding hydrogens is 1080 g/mol. The molecule has 450 valence electrons. The molecule has 18 nitrogen and oxygen atoms in total. The summed E-state index contributed by atoms with van der Waals surface area (Å²) in [7, 11) is 0. The van der Waals surface area contributed by atoms with E-state index in [1.54, 1.807) is 6.08 Å². The van der Waals surface area contributed by atoms with E-state index in [-0.39, 0.29) is 59.8 Å². The summed E-state index contributed by atoms with van der Waals surface area (Å²) in [6.45, 7) is 8.25. The Balaban J connectivity index is 0.000000225. The van der Waals surface area contributed by atoms with Crippen LogP contribution in [0.3, 0.4) is 0 Å². The first-order chi connectivity index (χ1) is 41.9. The van der Waals surface area contributed by atoms with Gasteiger partial charge in [0.25, 0.3) is 11.8 Å². The van der Waals surface area contributed by atoms with Gasteiger partial charge in [-0.2, -0.15) is 0 Å². The Bertz CT molecular complexity index is 3340. The van der Waals surface area contributed by atoms with Gasteiger partial charge in [-0.15, -0.1) is 6.58 Å². The standard InChI is InChI=1S/C36H42N6O3.C32H40N6O3/c37-36(38)39-20-9-16-32-35(44)42(24-33(28-13-5-2-6-14-28)45-25-26-10-3-1-4-11-26)21-19-31(41-32)23-40-34(43)30-18-17-27-12-7-8-15-29(27)22-30;1-2-19-41-29(24-10-4-3-5-11-24)22-38-18-16-27(37-28(31(38)40)13-8-17-35-32(33)34)21-36-30(39)26-15-14-23-9-6-7-12-25(23)20-26/h1-8,10-15,17-18,22,31-33,41H,9,16,19-21,23-25H2,(H,40,43)(H4,37,38,39);2-7,9-12,14-15,20,27-29,37H,1,8,13,16-19,21-22H2,(H,36,39)(H4,33,34,35)/t31-,32-,33?;27-,28-,29?/m00/s1. The summed E-state index contributed by atoms with van der Waals surface area (Å²) in [5.74, 6) is -0.465. The number of hydrogen-bond donors (Lipinski definition) is 10. The number of fused-ring (bicyclic) bond motifs is 2. The molecule has 2 fully saturated rings. The van der Waals surface area contributed by atoms with Crippen molar-refractivity contribution < 1.29 is 28.7 Å². The van der Waals surface area contributed by atoms with E-state index in [1.165, 1.54) is 0 Å². The Morgan fingerprint density at radius 3 is 1.40 bits per heavy atom. The van der Waals surface area contributed by atoms with Gasteiger partial charge in [-0.3, -0.25) is 30.0 Å². The number of hydrogen-bond acceptors (Lipinski definition) is 10. The van der Waals surface area contributed by atoms with Crippen LogP contribution in [0.25, 0.3) is 21.5 Å². The largest absolute Gasteiger partial charge is 0.370 e. The summed E-state index contributed by atoms with van der Waals surface area (Å²) in [6, 6.07) is 56.1. The Kier molecular flexibility index (Phi) is 24.2. The van der Waals surface area contributed by atoms with Crippen LogP contribution in [0, 0.1) is 10.8 Å². The van der Waals surface area contributed by atoms with Gasteiger partial charge in [0.2, 0.25) is 11.8 Å². The number of nitrogens with zero attached hydrogens (tertiary/aromatic N) is 2. The molecule has 0 aliphatic carbocycles. The van der Waals surface area contributed by atoms with Gasteiger partial charge in [0, 0.05) is 62.5 Å². The van der Waals surface area contributed by atoms with Crippen molar-refractivity contribution in [1.29, 1.82) is 10.8 Å². The van der Waals surface area contributed by atoms with Crippen molar-refractivity contribution in [2.45, 2.75) is 81.5 Å². The molecule has 2 saturated heterocycles. The Morgan fingerprint density at radius 1 is 0.558 bits per heavy atom. The summed E-state index contributed by atoms with van der Waals surface area (Å²) in [5.41, 5.74) is 15.2. The van der Waals surface area contributed by atoms with Crippen LogP contribution in [0.4, 0.5) is 0 Å². The normalized spacial score (nSPS) is 17.7. The van der Waals surface area contributed by atoms with Gasteiger partial charge >= 0.3 is 0 Å². The van der Waals surface area contributed by atoms with Crippen molar-refractivity contribution >= 4 is 57.1 Å². The van der Waals surface area contributed by atoms with Gasteiger partial charge in [-0.1, -0.05) is 158 Å². The molecular formula is C68H82N12O6. The molecule has 6 atom stereocenters. The second-order valence-electron chi connectivity index (χ2n) is 21.7. The second-order valence-corrected chi connectivity index (χ2v) is 21.7. The average Bonchev–Trinajstić information content (AvgIpc) is 3.47. The highest BCUT2D eigenvalue weighted by Gasteiger charge is 2.34. The van der Waals surface area contributed by atoms with Crippen molar-refractivity contribution in [1.82, 2.24) is 41.7 Å². The predicted octanol–water partition coefficient (Wildman–Crippen LogP) is 7.69. The van der Waals surface area contributed by atoms with E-state index < -0.39 is 12.1 Å². The number of carbonyl (C=O) groups is 4. The minimum absolute atomic E-state index is 0.000634. The molecule has 7 aromatic rings. The minimum Gasteiger partial charge on any atom is -0.370 e. The third-order valence-electron chi connectivity index (χ3n) is 15.4. The van der Waals surface area contributed by atoms with E-state index in [0.717, 1.165) is 38.2 Å². The third-order valence-corrected chi connectivity index (χ3v) is 15.4. The first kappa shape index (κ1) is 63.1. The molecule has 4 amide bonds. The fourth-order valence-electron chi connectivity index (χ4n) is 10.8. The molecule has 2 unspecified atom stereocenters. The van der Waals surface area contributed by atoms with Crippen LogP contribution >= 0.6 is 0 Å². The molecule has 7 aromatic carbocycles. The highest BCUT2D eigenvalue weighted by Crippen LogP contribution is 2.25. The Morgan fingerprint density at radius 2 is 0.965 bits per heavy atom. The summed E-state index contributed by atoms with van der Waals surface area (Å²) in [6.07, 6.45) is 4.89. The summed E-state index contributed by atoms with van der Waals surface area (Å²) >= 11 is 0. The lowest BCUT2D eigenvalue weighted by Crippen LogP contribution is -2.49. The van der Waals surface area contributed by atoms with Crippen molar-refractivity contribution in [2.75, 3.05) is 59.0 Å². The molecule has 18 heteroatoms. The van der Waals surface area contributed by atoms with E-state index in [1.807, 2.05) is 186 Å². The van der Waals surface area contributed by atoms with Crippen molar-refractivity contribution in [2.24, 2.45) is 11.5 Å². The molecule has 2 heterocycles. The van der Waals surface area contributed by atoms with Gasteiger partial charge in [0.15, 0.2) is 11.9 Å². The summed E-state index contributed by atoms with van der Waals surface area (Å²) in [5, 5.41) is 37.9. The van der Waals surface area contributed by atoms with E-state index in [4.69, 9.17) is 31.8 Å². The summed E-state index contributed by atoms with van der Waals surface area (Å²) < 4.78 is 12.5. The van der Waals surface area contributed by atoms with Crippen LogP contribution in [0.2, 0.25) is 0 Å². The quantitative estimate of drug-likeness (QED) is 0.0108. The molecule has 2 aliphatic heterocycles. The second kappa shape index (κ2) is 32.9. The number of benzene rings is 7. The number of nitrogens with one attached hydrogen (secondary N) is 8. The number of guanidine groups is 2. The monoisotopic (exact) mass is 1160 g/mol. The van der Waals surface area contributed by atoms with Gasteiger partial charge in [-0.25, -0.2) is 0 Å². The van der Waals surface area contributed by atoms with Crippen LogP contribution < -0.4 is 43.4 Å². The average molecular weight is 1160 g/mol. The van der Waals surface area contributed by atoms with Crippen molar-refractivity contribution in [3.8, 4) is 0 Å². The Hall–Kier alpha value is -8.94. The van der Waals surface area contributed by atoms with Crippen LogP contribution in [-0.4, -0.2) is 128 Å². The maximum absolute atomic E-state index is 14.0. The molecule has 12 N–H and O–H groups in total. The van der Waals surface area contributed by atoms with Crippen LogP contribution in [-0.2, 0) is 25.7 Å². The first-order valence-electron chi connectivity index (χ1n) is 29.7. The number of carbonyl (C=O) groups excluding carboxylic acids is 4. The zero-order valence-corrected chi connectivity index (χ0v) is 48.8. The van der Waals surface area contributed by atoms with Crippen LogP contribution in [0.5, 0.6) is 0 Å². The van der Waals surface area contributed by atoms with E-state index in [2.05, 4.69) is 38.5 Å². The van der Waals surface area contributed by atoms with Gasteiger partial charge in [0.1, 0.15) is 12.2 Å². The molecule has 0 saturated carbocycles. The number of nitrogens with two attached hydrogens (primary N) is 2.